The molecule has 15 heavy (non-hydrogen) atoms. The maximum absolute atomic E-state index is 10.7. The van der Waals surface area contributed by atoms with Crippen molar-refractivity contribution in [1.82, 2.24) is 9.78 Å². The standard InChI is InChI=1S/C6H9N3O5S/c1-8-6(9(10)11)5(3-7-8)4-14-15(2,12)13/h3H,4H2,1-2H3. The third-order valence-electron chi connectivity index (χ3n) is 1.58. The van der Waals surface area contributed by atoms with Crippen LogP contribution in [-0.2, 0) is 28.0 Å². The maximum atomic E-state index is 10.7. The van der Waals surface area contributed by atoms with E-state index in [-0.39, 0.29) is 18.0 Å². The summed E-state index contributed by atoms with van der Waals surface area (Å²) in [5.41, 5.74) is 0.118. The van der Waals surface area contributed by atoms with Gasteiger partial charge in [-0.3, -0.25) is 4.18 Å². The zero-order valence-corrected chi connectivity index (χ0v) is 8.89. The summed E-state index contributed by atoms with van der Waals surface area (Å²) >= 11 is 0. The van der Waals surface area contributed by atoms with Crippen molar-refractivity contribution in [2.45, 2.75) is 6.61 Å². The van der Waals surface area contributed by atoms with E-state index in [2.05, 4.69) is 9.28 Å². The largest absolute Gasteiger partial charge is 0.358 e. The molecule has 0 aliphatic heterocycles. The first-order valence-electron chi connectivity index (χ1n) is 3.81. The summed E-state index contributed by atoms with van der Waals surface area (Å²) in [6.07, 6.45) is 2.07. The molecule has 0 aliphatic rings. The van der Waals surface area contributed by atoms with Crippen molar-refractivity contribution in [3.05, 3.63) is 21.9 Å². The Bertz CT molecular complexity index is 477. The van der Waals surface area contributed by atoms with Crippen LogP contribution in [0.3, 0.4) is 0 Å². The minimum atomic E-state index is -3.62. The van der Waals surface area contributed by atoms with Crippen LogP contribution in [0.15, 0.2) is 6.20 Å². The van der Waals surface area contributed by atoms with Gasteiger partial charge in [0.2, 0.25) is 0 Å². The fourth-order valence-corrected chi connectivity index (χ4v) is 1.33. The fraction of sp³-hybridized carbons (Fsp3) is 0.500. The summed E-state index contributed by atoms with van der Waals surface area (Å²) < 4.78 is 26.8. The van der Waals surface area contributed by atoms with Gasteiger partial charge in [0.15, 0.2) is 0 Å². The van der Waals surface area contributed by atoms with E-state index >= 15 is 0 Å². The Labute approximate surface area is 85.7 Å². The van der Waals surface area contributed by atoms with E-state index in [1.807, 2.05) is 0 Å². The number of aromatic nitrogens is 2. The zero-order chi connectivity index (χ0) is 11.6. The van der Waals surface area contributed by atoms with Crippen molar-refractivity contribution in [1.29, 1.82) is 0 Å². The van der Waals surface area contributed by atoms with Crippen LogP contribution in [0.2, 0.25) is 0 Å². The third-order valence-corrected chi connectivity index (χ3v) is 2.13. The van der Waals surface area contributed by atoms with Gasteiger partial charge in [0, 0.05) is 0 Å². The molecule has 1 aromatic rings. The first-order chi connectivity index (χ1) is 6.81. The molecular weight excluding hydrogens is 226 g/mol. The molecule has 1 rings (SSSR count). The number of aryl methyl sites for hydroxylation is 1. The highest BCUT2D eigenvalue weighted by atomic mass is 32.2. The Balaban J connectivity index is 2.91. The minimum absolute atomic E-state index is 0.118. The van der Waals surface area contributed by atoms with Gasteiger partial charge in [-0.25, -0.2) is 0 Å². The molecule has 0 N–H and O–H groups in total. The number of nitro groups is 1. The first kappa shape index (κ1) is 11.6. The molecule has 0 unspecified atom stereocenters. The number of hydrogen-bond acceptors (Lipinski definition) is 6. The van der Waals surface area contributed by atoms with Gasteiger partial charge in [-0.15, -0.1) is 4.68 Å². The van der Waals surface area contributed by atoms with Gasteiger partial charge in [0.05, 0.1) is 18.0 Å². The van der Waals surface area contributed by atoms with Gasteiger partial charge in [0.25, 0.3) is 10.1 Å². The molecule has 84 valence electrons. The predicted molar refractivity (Wildman–Crippen MR) is 49.5 cm³/mol. The smallest absolute Gasteiger partial charge is 0.350 e. The average Bonchev–Trinajstić information content (AvgIpc) is 2.42. The third kappa shape index (κ3) is 2.99. The molecule has 1 aromatic heterocycles. The summed E-state index contributed by atoms with van der Waals surface area (Å²) in [6, 6.07) is 0. The van der Waals surface area contributed by atoms with Gasteiger partial charge < -0.3 is 10.1 Å². The summed E-state index contributed by atoms with van der Waals surface area (Å²) in [7, 11) is -2.22. The van der Waals surface area contributed by atoms with E-state index in [0.717, 1.165) is 10.9 Å². The van der Waals surface area contributed by atoms with Gasteiger partial charge in [-0.1, -0.05) is 5.10 Å². The highest BCUT2D eigenvalue weighted by molar-refractivity contribution is 7.85. The van der Waals surface area contributed by atoms with Gasteiger partial charge in [-0.2, -0.15) is 8.42 Å². The van der Waals surface area contributed by atoms with Crippen LogP contribution >= 0.6 is 0 Å². The predicted octanol–water partition coefficient (Wildman–Crippen LogP) is -0.195. The van der Waals surface area contributed by atoms with E-state index < -0.39 is 15.0 Å². The summed E-state index contributed by atoms with van der Waals surface area (Å²) in [5.74, 6) is -0.279. The Morgan fingerprint density at radius 1 is 1.67 bits per heavy atom. The van der Waals surface area contributed by atoms with Crippen molar-refractivity contribution in [3.8, 4) is 0 Å². The molecule has 0 saturated carbocycles. The number of hydrogen-bond donors (Lipinski definition) is 0. The lowest BCUT2D eigenvalue weighted by Gasteiger charge is -1.99. The van der Waals surface area contributed by atoms with Crippen molar-refractivity contribution in [2.24, 2.45) is 7.05 Å². The quantitative estimate of drug-likeness (QED) is 0.406. The van der Waals surface area contributed by atoms with Crippen LogP contribution in [0.1, 0.15) is 5.56 Å². The van der Waals surface area contributed by atoms with Crippen LogP contribution < -0.4 is 0 Å². The molecule has 0 radical (unpaired) electrons. The Morgan fingerprint density at radius 3 is 2.73 bits per heavy atom. The summed E-state index contributed by atoms with van der Waals surface area (Å²) in [5, 5.41) is 14.2. The molecule has 9 heteroatoms. The van der Waals surface area contributed by atoms with Crippen molar-refractivity contribution >= 4 is 15.9 Å². The molecule has 0 aromatic carbocycles. The Kier molecular flexibility index (Phi) is 3.05. The Hall–Kier alpha value is -1.48. The van der Waals surface area contributed by atoms with Crippen LogP contribution in [0, 0.1) is 10.1 Å². The molecule has 0 amide bonds. The second-order valence-electron chi connectivity index (χ2n) is 2.84. The summed E-state index contributed by atoms with van der Waals surface area (Å²) in [6.45, 7) is -0.386. The molecule has 0 spiro atoms. The van der Waals surface area contributed by atoms with Gasteiger partial charge in [0.1, 0.15) is 13.7 Å². The molecule has 1 heterocycles. The summed E-state index contributed by atoms with van der Waals surface area (Å²) in [4.78, 5) is 9.92. The topological polar surface area (TPSA) is 104 Å². The number of nitrogens with zero attached hydrogens (tertiary/aromatic N) is 3. The molecule has 0 atom stereocenters. The van der Waals surface area contributed by atoms with E-state index in [1.165, 1.54) is 13.2 Å². The maximum Gasteiger partial charge on any atom is 0.350 e. The normalized spacial score (nSPS) is 11.6. The second kappa shape index (κ2) is 3.95. The zero-order valence-electron chi connectivity index (χ0n) is 8.08. The monoisotopic (exact) mass is 235 g/mol. The van der Waals surface area contributed by atoms with Gasteiger partial charge in [-0.05, 0) is 4.92 Å². The van der Waals surface area contributed by atoms with Crippen LogP contribution in [0.4, 0.5) is 5.82 Å². The van der Waals surface area contributed by atoms with Crippen molar-refractivity contribution in [2.75, 3.05) is 6.26 Å². The molecular formula is C6H9N3O5S. The van der Waals surface area contributed by atoms with Crippen LogP contribution in [0.5, 0.6) is 0 Å². The molecule has 0 aliphatic carbocycles. The molecule has 8 nitrogen and oxygen atoms in total. The van der Waals surface area contributed by atoms with E-state index in [4.69, 9.17) is 0 Å². The van der Waals surface area contributed by atoms with Gasteiger partial charge >= 0.3 is 5.82 Å². The van der Waals surface area contributed by atoms with Crippen molar-refractivity contribution < 1.29 is 17.5 Å². The lowest BCUT2D eigenvalue weighted by molar-refractivity contribution is -0.393. The molecule has 0 bridgehead atoms. The lowest BCUT2D eigenvalue weighted by Crippen LogP contribution is -2.05. The van der Waals surface area contributed by atoms with E-state index in [9.17, 15) is 18.5 Å². The lowest BCUT2D eigenvalue weighted by atomic mass is 10.3. The fourth-order valence-electron chi connectivity index (χ4n) is 0.984. The SMILES string of the molecule is Cn1ncc(COS(C)(=O)=O)c1[N+](=O)[O-]. The highest BCUT2D eigenvalue weighted by Gasteiger charge is 2.20. The molecule has 0 fully saturated rings. The Morgan fingerprint density at radius 2 is 2.27 bits per heavy atom. The highest BCUT2D eigenvalue weighted by Crippen LogP contribution is 2.17. The van der Waals surface area contributed by atoms with Crippen LogP contribution in [-0.4, -0.2) is 29.4 Å². The van der Waals surface area contributed by atoms with Crippen molar-refractivity contribution in [3.63, 3.8) is 0 Å². The number of rotatable bonds is 4. The average molecular weight is 235 g/mol. The van der Waals surface area contributed by atoms with E-state index in [1.54, 1.807) is 0 Å². The first-order valence-corrected chi connectivity index (χ1v) is 5.62. The van der Waals surface area contributed by atoms with E-state index in [0.29, 0.717) is 0 Å². The molecule has 0 saturated heterocycles. The minimum Gasteiger partial charge on any atom is -0.358 e. The second-order valence-corrected chi connectivity index (χ2v) is 4.48. The van der Waals surface area contributed by atoms with Crippen LogP contribution in [0.25, 0.3) is 0 Å².